The van der Waals surface area contributed by atoms with Crippen LogP contribution in [-0.4, -0.2) is 11.8 Å². The summed E-state index contributed by atoms with van der Waals surface area (Å²) < 4.78 is 11.1. The summed E-state index contributed by atoms with van der Waals surface area (Å²) in [6, 6.07) is 8.96. The highest BCUT2D eigenvalue weighted by atomic mass is 16.4. The molecule has 6 heteroatoms. The highest BCUT2D eigenvalue weighted by Crippen LogP contribution is 2.34. The molecule has 3 aromatic rings. The van der Waals surface area contributed by atoms with Gasteiger partial charge in [-0.3, -0.25) is 9.59 Å². The molecule has 2 aromatic heterocycles. The van der Waals surface area contributed by atoms with Crippen molar-refractivity contribution in [1.82, 2.24) is 0 Å². The van der Waals surface area contributed by atoms with Gasteiger partial charge in [-0.15, -0.1) is 0 Å². The molecule has 0 fully saturated rings. The van der Waals surface area contributed by atoms with Gasteiger partial charge >= 0.3 is 0 Å². The Balaban J connectivity index is 2.04. The van der Waals surface area contributed by atoms with Crippen LogP contribution in [-0.2, 0) is 11.8 Å². The lowest BCUT2D eigenvalue weighted by molar-refractivity contribution is 0.0977. The summed E-state index contributed by atoms with van der Waals surface area (Å²) in [5, 5.41) is 3.31. The highest BCUT2D eigenvalue weighted by molar-refractivity contribution is 6.13. The average molecular weight is 354 g/mol. The van der Waals surface area contributed by atoms with Gasteiger partial charge in [0, 0.05) is 11.8 Å². The minimum absolute atomic E-state index is 0.0813. The van der Waals surface area contributed by atoms with Crippen LogP contribution in [0.25, 0.3) is 11.0 Å². The summed E-state index contributed by atoms with van der Waals surface area (Å²) in [4.78, 5) is 24.3. The Morgan fingerprint density at radius 3 is 2.42 bits per heavy atom. The zero-order valence-corrected chi connectivity index (χ0v) is 15.3. The first-order chi connectivity index (χ1) is 12.2. The van der Waals surface area contributed by atoms with E-state index in [1.807, 2.05) is 25.1 Å². The van der Waals surface area contributed by atoms with Gasteiger partial charge in [0.15, 0.2) is 5.76 Å². The lowest BCUT2D eigenvalue weighted by Crippen LogP contribution is -2.16. The molecule has 0 aliphatic heterocycles. The van der Waals surface area contributed by atoms with Crippen molar-refractivity contribution in [2.75, 3.05) is 5.32 Å². The van der Waals surface area contributed by atoms with Gasteiger partial charge in [0.2, 0.25) is 5.76 Å². The van der Waals surface area contributed by atoms with Gasteiger partial charge in [-0.25, -0.2) is 0 Å². The third-order valence-corrected chi connectivity index (χ3v) is 4.25. The quantitative estimate of drug-likeness (QED) is 0.732. The summed E-state index contributed by atoms with van der Waals surface area (Å²) in [7, 11) is 0. The molecule has 2 heterocycles. The number of amides is 2. The smallest absolute Gasteiger partial charge is 0.291 e. The molecule has 2 amide bonds. The van der Waals surface area contributed by atoms with Crippen molar-refractivity contribution in [3.8, 4) is 0 Å². The number of fused-ring (bicyclic) bond motifs is 1. The molecule has 0 radical (unpaired) electrons. The second-order valence-corrected chi connectivity index (χ2v) is 7.21. The maximum atomic E-state index is 12.5. The highest BCUT2D eigenvalue weighted by Gasteiger charge is 2.24. The zero-order valence-electron chi connectivity index (χ0n) is 15.3. The molecule has 6 nitrogen and oxygen atoms in total. The molecule has 3 N–H and O–H groups in total. The Kier molecular flexibility index (Phi) is 4.36. The zero-order chi connectivity index (χ0) is 19.1. The number of nitrogens with two attached hydrogens (primary N) is 1. The van der Waals surface area contributed by atoms with Crippen LogP contribution in [0.4, 0.5) is 5.69 Å². The van der Waals surface area contributed by atoms with Gasteiger partial charge in [-0.05, 0) is 35.2 Å². The van der Waals surface area contributed by atoms with Crippen molar-refractivity contribution in [2.24, 2.45) is 5.73 Å². The first-order valence-corrected chi connectivity index (χ1v) is 8.47. The number of carbonyl (C=O) groups is 2. The summed E-state index contributed by atoms with van der Waals surface area (Å²) >= 11 is 0. The minimum atomic E-state index is -0.748. The van der Waals surface area contributed by atoms with Gasteiger partial charge < -0.3 is 19.9 Å². The number of rotatable bonds is 4. The van der Waals surface area contributed by atoms with Crippen LogP contribution >= 0.6 is 0 Å². The molecule has 136 valence electrons. The number of anilines is 1. The molecule has 26 heavy (non-hydrogen) atoms. The number of nitrogens with one attached hydrogen (secondary N) is 1. The van der Waals surface area contributed by atoms with Crippen LogP contribution in [0.3, 0.4) is 0 Å². The topological polar surface area (TPSA) is 98.5 Å². The number of hydrogen-bond acceptors (Lipinski definition) is 4. The van der Waals surface area contributed by atoms with Crippen LogP contribution in [0.1, 0.15) is 60.1 Å². The predicted molar refractivity (Wildman–Crippen MR) is 99.5 cm³/mol. The molecule has 0 unspecified atom stereocenters. The van der Waals surface area contributed by atoms with Crippen LogP contribution in [0, 0.1) is 0 Å². The molecule has 1 aromatic carbocycles. The summed E-state index contributed by atoms with van der Waals surface area (Å²) in [5.74, 6) is -0.422. The van der Waals surface area contributed by atoms with E-state index in [1.165, 1.54) is 0 Å². The Morgan fingerprint density at radius 2 is 1.85 bits per heavy atom. The molecular formula is C20H22N2O4. The van der Waals surface area contributed by atoms with Crippen molar-refractivity contribution in [2.45, 2.75) is 39.5 Å². The molecule has 0 saturated carbocycles. The van der Waals surface area contributed by atoms with Gasteiger partial charge in [0.25, 0.3) is 11.8 Å². The van der Waals surface area contributed by atoms with Crippen LogP contribution in [0.15, 0.2) is 39.2 Å². The fourth-order valence-corrected chi connectivity index (χ4v) is 2.73. The Morgan fingerprint density at radius 1 is 1.12 bits per heavy atom. The fraction of sp³-hybridized carbons (Fsp3) is 0.300. The van der Waals surface area contributed by atoms with Crippen molar-refractivity contribution >= 4 is 28.5 Å². The Hall–Kier alpha value is -3.02. The molecular weight excluding hydrogens is 332 g/mol. The van der Waals surface area contributed by atoms with E-state index >= 15 is 0 Å². The number of carbonyl (C=O) groups excluding carboxylic acids is 2. The summed E-state index contributed by atoms with van der Waals surface area (Å²) in [6.45, 7) is 8.17. The Bertz CT molecular complexity index is 989. The SMILES string of the molecule is CCc1ccc(C(=O)Nc2c(C(N)=O)oc3cc(C(C)(C)C)ccc23)o1. The van der Waals surface area contributed by atoms with Gasteiger partial charge in [-0.2, -0.15) is 0 Å². The first kappa shape index (κ1) is 17.8. The maximum Gasteiger partial charge on any atom is 0.291 e. The number of benzene rings is 1. The predicted octanol–water partition coefficient (Wildman–Crippen LogP) is 4.24. The number of hydrogen-bond donors (Lipinski definition) is 2. The van der Waals surface area contributed by atoms with E-state index < -0.39 is 11.8 Å². The standard InChI is InChI=1S/C20H22N2O4/c1-5-12-7-9-14(25-12)19(24)22-16-13-8-6-11(20(2,3)4)10-15(13)26-17(16)18(21)23/h6-10H,5H2,1-4H3,(H2,21,23)(H,22,24). The second-order valence-electron chi connectivity index (χ2n) is 7.21. The van der Waals surface area contributed by atoms with E-state index in [0.717, 1.165) is 5.56 Å². The lowest BCUT2D eigenvalue weighted by Gasteiger charge is -2.18. The molecule has 3 rings (SSSR count). The normalized spacial score (nSPS) is 11.7. The van der Waals surface area contributed by atoms with Crippen molar-refractivity contribution in [1.29, 1.82) is 0 Å². The van der Waals surface area contributed by atoms with E-state index in [2.05, 4.69) is 26.1 Å². The minimum Gasteiger partial charge on any atom is -0.456 e. The molecule has 0 aliphatic rings. The molecule has 0 aliphatic carbocycles. The largest absolute Gasteiger partial charge is 0.456 e. The summed E-state index contributed by atoms with van der Waals surface area (Å²) in [5.41, 5.74) is 7.15. The average Bonchev–Trinajstić information content (AvgIpc) is 3.18. The van der Waals surface area contributed by atoms with Crippen LogP contribution in [0.2, 0.25) is 0 Å². The van der Waals surface area contributed by atoms with Gasteiger partial charge in [0.05, 0.1) is 0 Å². The van der Waals surface area contributed by atoms with Crippen molar-refractivity contribution in [3.05, 3.63) is 53.2 Å². The van der Waals surface area contributed by atoms with E-state index in [1.54, 1.807) is 12.1 Å². The lowest BCUT2D eigenvalue weighted by atomic mass is 9.87. The third kappa shape index (κ3) is 3.22. The van der Waals surface area contributed by atoms with E-state index in [0.29, 0.717) is 23.2 Å². The third-order valence-electron chi connectivity index (χ3n) is 4.25. The second kappa shape index (κ2) is 6.37. The Labute approximate surface area is 151 Å². The van der Waals surface area contributed by atoms with E-state index in [-0.39, 0.29) is 22.6 Å². The molecule has 0 atom stereocenters. The maximum absolute atomic E-state index is 12.5. The van der Waals surface area contributed by atoms with Crippen LogP contribution < -0.4 is 11.1 Å². The monoisotopic (exact) mass is 354 g/mol. The number of primary amides is 1. The molecule has 0 saturated heterocycles. The molecule has 0 bridgehead atoms. The number of aryl methyl sites for hydroxylation is 1. The number of furan rings is 2. The van der Waals surface area contributed by atoms with Gasteiger partial charge in [0.1, 0.15) is 17.0 Å². The molecule has 0 spiro atoms. The van der Waals surface area contributed by atoms with Crippen molar-refractivity contribution in [3.63, 3.8) is 0 Å². The van der Waals surface area contributed by atoms with Crippen molar-refractivity contribution < 1.29 is 18.4 Å². The van der Waals surface area contributed by atoms with Crippen LogP contribution in [0.5, 0.6) is 0 Å². The van der Waals surface area contributed by atoms with Gasteiger partial charge in [-0.1, -0.05) is 33.8 Å². The summed E-state index contributed by atoms with van der Waals surface area (Å²) in [6.07, 6.45) is 0.685. The fourth-order valence-electron chi connectivity index (χ4n) is 2.73. The van der Waals surface area contributed by atoms with E-state index in [9.17, 15) is 9.59 Å². The first-order valence-electron chi connectivity index (χ1n) is 8.47. The van der Waals surface area contributed by atoms with E-state index in [4.69, 9.17) is 14.6 Å².